The average Bonchev–Trinajstić information content (AvgIpc) is 2.47. The third kappa shape index (κ3) is 3.77. The Morgan fingerprint density at radius 3 is 2.38 bits per heavy atom. The van der Waals surface area contributed by atoms with Crippen molar-refractivity contribution in [2.45, 2.75) is 45.8 Å². The second-order valence-electron chi connectivity index (χ2n) is 5.58. The van der Waals surface area contributed by atoms with E-state index < -0.39 is 29.3 Å². The number of hydrogen-bond donors (Lipinski definition) is 0. The molecule has 1 fully saturated rings. The molecule has 118 valence electrons. The molecule has 2 rings (SSSR count). The Kier molecular flexibility index (Phi) is 5.65. The Balaban J connectivity index is 2.01. The molecule has 1 aromatic carbocycles. The van der Waals surface area contributed by atoms with E-state index in [-0.39, 0.29) is 11.5 Å². The van der Waals surface area contributed by atoms with Gasteiger partial charge in [-0.2, -0.15) is 0 Å². The summed E-state index contributed by atoms with van der Waals surface area (Å²) < 4.78 is 52.1. The summed E-state index contributed by atoms with van der Waals surface area (Å²) in [4.78, 5) is 0. The summed E-state index contributed by atoms with van der Waals surface area (Å²) >= 11 is 0. The van der Waals surface area contributed by atoms with Gasteiger partial charge < -0.3 is 9.47 Å². The Hall–Kier alpha value is -1.07. The molecule has 1 aliphatic rings. The lowest BCUT2D eigenvalue weighted by Gasteiger charge is -2.30. The smallest absolute Gasteiger partial charge is 0.189 e. The minimum atomic E-state index is -1.22. The molecule has 0 aromatic heterocycles. The van der Waals surface area contributed by atoms with Gasteiger partial charge in [0, 0.05) is 5.92 Å². The van der Waals surface area contributed by atoms with E-state index in [2.05, 4.69) is 6.92 Å². The molecule has 0 amide bonds. The maximum absolute atomic E-state index is 13.9. The zero-order chi connectivity index (χ0) is 15.4. The van der Waals surface area contributed by atoms with Crippen molar-refractivity contribution >= 4 is 0 Å². The molecule has 1 saturated heterocycles. The molecule has 1 heterocycles. The number of aryl methyl sites for hydroxylation is 1. The molecule has 0 radical (unpaired) electrons. The highest BCUT2D eigenvalue weighted by atomic mass is 19.2. The largest absolute Gasteiger partial charge is 0.348 e. The molecular formula is C16H21F3O2. The lowest BCUT2D eigenvalue weighted by Crippen LogP contribution is -2.28. The number of unbranched alkanes of at least 4 members (excludes halogenated alkanes) is 2. The van der Waals surface area contributed by atoms with Gasteiger partial charge in [-0.25, -0.2) is 13.2 Å². The summed E-state index contributed by atoms with van der Waals surface area (Å²) in [6.07, 6.45) is 3.17. The minimum Gasteiger partial charge on any atom is -0.348 e. The van der Waals surface area contributed by atoms with Gasteiger partial charge in [0.05, 0.1) is 18.8 Å². The van der Waals surface area contributed by atoms with Crippen molar-refractivity contribution in [2.24, 2.45) is 5.92 Å². The molecular weight excluding hydrogens is 281 g/mol. The van der Waals surface area contributed by atoms with Gasteiger partial charge in [0.15, 0.2) is 17.9 Å². The van der Waals surface area contributed by atoms with Crippen molar-refractivity contribution in [3.05, 3.63) is 34.6 Å². The Morgan fingerprint density at radius 2 is 1.76 bits per heavy atom. The van der Waals surface area contributed by atoms with Crippen LogP contribution in [0, 0.1) is 30.3 Å². The van der Waals surface area contributed by atoms with Crippen LogP contribution in [0.3, 0.4) is 0 Å². The summed E-state index contributed by atoms with van der Waals surface area (Å²) in [5.41, 5.74) is -0.535. The highest BCUT2D eigenvalue weighted by Gasteiger charge is 2.30. The molecule has 1 aromatic rings. The van der Waals surface area contributed by atoms with Gasteiger partial charge in [-0.1, -0.05) is 26.2 Å². The number of halogens is 3. The predicted octanol–water partition coefficient (Wildman–Crippen LogP) is 4.65. The molecule has 1 aliphatic heterocycles. The van der Waals surface area contributed by atoms with Crippen molar-refractivity contribution in [3.8, 4) is 0 Å². The fraction of sp³-hybridized carbons (Fsp3) is 0.625. The first-order chi connectivity index (χ1) is 10.0. The summed E-state index contributed by atoms with van der Waals surface area (Å²) in [5, 5.41) is 0. The summed E-state index contributed by atoms with van der Waals surface area (Å²) in [6, 6.07) is 0.966. The van der Waals surface area contributed by atoms with E-state index in [4.69, 9.17) is 9.47 Å². The Labute approximate surface area is 123 Å². The average molecular weight is 302 g/mol. The van der Waals surface area contributed by atoms with Crippen LogP contribution in [0.4, 0.5) is 13.2 Å². The van der Waals surface area contributed by atoms with Crippen molar-refractivity contribution in [1.82, 2.24) is 0 Å². The van der Waals surface area contributed by atoms with Gasteiger partial charge in [-0.15, -0.1) is 0 Å². The molecule has 2 nitrogen and oxygen atoms in total. The van der Waals surface area contributed by atoms with Crippen LogP contribution in [0.2, 0.25) is 0 Å². The van der Waals surface area contributed by atoms with Gasteiger partial charge in [-0.3, -0.25) is 0 Å². The maximum atomic E-state index is 13.9. The first kappa shape index (κ1) is 16.3. The molecule has 5 heteroatoms. The molecule has 21 heavy (non-hydrogen) atoms. The molecule has 0 atom stereocenters. The lowest BCUT2D eigenvalue weighted by molar-refractivity contribution is -0.208. The van der Waals surface area contributed by atoms with Gasteiger partial charge in [0.1, 0.15) is 5.82 Å². The third-order valence-electron chi connectivity index (χ3n) is 3.79. The number of benzene rings is 1. The molecule has 0 aliphatic carbocycles. The molecule has 0 bridgehead atoms. The molecule has 0 spiro atoms. The minimum absolute atomic E-state index is 0.0676. The topological polar surface area (TPSA) is 18.5 Å². The van der Waals surface area contributed by atoms with E-state index in [1.807, 2.05) is 0 Å². The van der Waals surface area contributed by atoms with Crippen molar-refractivity contribution < 1.29 is 22.6 Å². The van der Waals surface area contributed by atoms with Crippen LogP contribution in [0.25, 0.3) is 0 Å². The molecule has 0 saturated carbocycles. The van der Waals surface area contributed by atoms with Crippen LogP contribution < -0.4 is 0 Å². The summed E-state index contributed by atoms with van der Waals surface area (Å²) in [6.45, 7) is 4.20. The van der Waals surface area contributed by atoms with Crippen LogP contribution in [0.1, 0.15) is 50.0 Å². The van der Waals surface area contributed by atoms with Crippen molar-refractivity contribution in [2.75, 3.05) is 13.2 Å². The number of hydrogen-bond acceptors (Lipinski definition) is 2. The van der Waals surface area contributed by atoms with Gasteiger partial charge in [0.25, 0.3) is 0 Å². The Morgan fingerprint density at radius 1 is 1.10 bits per heavy atom. The van der Waals surface area contributed by atoms with E-state index >= 15 is 0 Å². The highest BCUT2D eigenvalue weighted by molar-refractivity contribution is 5.28. The van der Waals surface area contributed by atoms with Gasteiger partial charge in [0.2, 0.25) is 0 Å². The van der Waals surface area contributed by atoms with E-state index in [0.717, 1.165) is 31.7 Å². The van der Waals surface area contributed by atoms with Crippen LogP contribution >= 0.6 is 0 Å². The van der Waals surface area contributed by atoms with Crippen LogP contribution in [0.5, 0.6) is 0 Å². The SMILES string of the molecule is CCCCCC1COC(c2c(F)cc(C)c(F)c2F)OC1. The first-order valence-electron chi connectivity index (χ1n) is 7.41. The fourth-order valence-corrected chi connectivity index (χ4v) is 2.50. The molecule has 0 unspecified atom stereocenters. The quantitative estimate of drug-likeness (QED) is 0.582. The van der Waals surface area contributed by atoms with Crippen molar-refractivity contribution in [1.29, 1.82) is 0 Å². The van der Waals surface area contributed by atoms with Crippen molar-refractivity contribution in [3.63, 3.8) is 0 Å². The van der Waals surface area contributed by atoms with Crippen LogP contribution in [-0.4, -0.2) is 13.2 Å². The van der Waals surface area contributed by atoms with Gasteiger partial charge in [-0.05, 0) is 25.0 Å². The van der Waals surface area contributed by atoms with E-state index in [9.17, 15) is 13.2 Å². The first-order valence-corrected chi connectivity index (χ1v) is 7.41. The number of ether oxygens (including phenoxy) is 2. The zero-order valence-corrected chi connectivity index (χ0v) is 12.4. The lowest BCUT2D eigenvalue weighted by atomic mass is 10.0. The fourth-order valence-electron chi connectivity index (χ4n) is 2.50. The number of rotatable bonds is 5. The van der Waals surface area contributed by atoms with Crippen LogP contribution in [-0.2, 0) is 9.47 Å². The standard InChI is InChI=1S/C16H21F3O2/c1-3-4-5-6-11-8-20-16(21-9-11)13-12(17)7-10(2)14(18)15(13)19/h7,11,16H,3-6,8-9H2,1-2H3. The second kappa shape index (κ2) is 7.27. The monoisotopic (exact) mass is 302 g/mol. The molecule has 0 N–H and O–H groups in total. The third-order valence-corrected chi connectivity index (χ3v) is 3.79. The summed E-state index contributed by atoms with van der Waals surface area (Å²) in [7, 11) is 0. The van der Waals surface area contributed by atoms with Gasteiger partial charge >= 0.3 is 0 Å². The predicted molar refractivity (Wildman–Crippen MR) is 73.3 cm³/mol. The van der Waals surface area contributed by atoms with E-state index in [1.165, 1.54) is 6.92 Å². The highest BCUT2D eigenvalue weighted by Crippen LogP contribution is 2.32. The Bertz CT molecular complexity index is 483. The van der Waals surface area contributed by atoms with E-state index in [0.29, 0.717) is 13.2 Å². The van der Waals surface area contributed by atoms with Crippen LogP contribution in [0.15, 0.2) is 6.07 Å². The normalized spacial score (nSPS) is 22.5. The van der Waals surface area contributed by atoms with E-state index in [1.54, 1.807) is 0 Å². The summed E-state index contributed by atoms with van der Waals surface area (Å²) in [5.74, 6) is -2.87. The maximum Gasteiger partial charge on any atom is 0.189 e. The zero-order valence-electron chi connectivity index (χ0n) is 12.4. The second-order valence-corrected chi connectivity index (χ2v) is 5.58.